The summed E-state index contributed by atoms with van der Waals surface area (Å²) in [5.74, 6) is -1.28. The molecule has 3 amide bonds. The second-order valence-electron chi connectivity index (χ2n) is 6.61. The zero-order valence-corrected chi connectivity index (χ0v) is 16.7. The Morgan fingerprint density at radius 3 is 2.23 bits per heavy atom. The molecule has 0 spiro atoms. The second kappa shape index (κ2) is 9.09. The molecule has 0 aromatic heterocycles. The molecule has 1 aromatic carbocycles. The van der Waals surface area contributed by atoms with Crippen LogP contribution in [0.2, 0.25) is 10.0 Å². The molecule has 0 aliphatic carbocycles. The van der Waals surface area contributed by atoms with E-state index in [1.54, 1.807) is 26.8 Å². The maximum Gasteiger partial charge on any atom is 0.347 e. The number of hydrogen-bond acceptors (Lipinski definition) is 5. The van der Waals surface area contributed by atoms with E-state index in [4.69, 9.17) is 32.7 Å². The van der Waals surface area contributed by atoms with E-state index in [1.165, 1.54) is 26.0 Å². The number of halogens is 2. The van der Waals surface area contributed by atoms with Crippen LogP contribution in [0.1, 0.15) is 34.6 Å². The van der Waals surface area contributed by atoms with Crippen LogP contribution in [-0.4, -0.2) is 35.7 Å². The molecule has 2 N–H and O–H groups in total. The lowest BCUT2D eigenvalue weighted by molar-refractivity contribution is -0.160. The summed E-state index contributed by atoms with van der Waals surface area (Å²) in [6.07, 6.45) is -2.20. The first kappa shape index (κ1) is 22.1. The first-order valence-electron chi connectivity index (χ1n) is 7.84. The SMILES string of the molecule is C[C@H](OC(=O)[C@H](C)Oc1ccc(Cl)cc1Cl)C(=O)NC(=O)NC(C)(C)C. The number of hydrogen-bond donors (Lipinski definition) is 2. The molecule has 0 saturated heterocycles. The molecule has 0 saturated carbocycles. The standard InChI is InChI=1S/C17H22Cl2N2O5/c1-9(14(22)20-16(24)21-17(3,4)5)26-15(23)10(2)25-13-7-6-11(18)8-12(13)19/h6-10H,1-5H3,(H2,20,21,22,24)/t9-,10-/m0/s1. The van der Waals surface area contributed by atoms with E-state index >= 15 is 0 Å². The van der Waals surface area contributed by atoms with E-state index in [0.29, 0.717) is 5.02 Å². The van der Waals surface area contributed by atoms with Crippen molar-refractivity contribution in [1.29, 1.82) is 0 Å². The summed E-state index contributed by atoms with van der Waals surface area (Å²) < 4.78 is 10.4. The lowest BCUT2D eigenvalue weighted by Crippen LogP contribution is -2.51. The van der Waals surface area contributed by atoms with Gasteiger partial charge in [-0.05, 0) is 52.8 Å². The van der Waals surface area contributed by atoms with Gasteiger partial charge in [-0.1, -0.05) is 23.2 Å². The van der Waals surface area contributed by atoms with Crippen LogP contribution in [0, 0.1) is 0 Å². The molecular formula is C17H22Cl2N2O5. The molecule has 0 aliphatic rings. The zero-order chi connectivity index (χ0) is 20.1. The Hall–Kier alpha value is -1.99. The van der Waals surface area contributed by atoms with Crippen LogP contribution in [0.4, 0.5) is 4.79 Å². The molecule has 0 radical (unpaired) electrons. The number of esters is 1. The third-order valence-corrected chi connectivity index (χ3v) is 3.45. The van der Waals surface area contributed by atoms with Gasteiger partial charge in [-0.25, -0.2) is 9.59 Å². The molecule has 2 atom stereocenters. The van der Waals surface area contributed by atoms with Gasteiger partial charge in [0.25, 0.3) is 5.91 Å². The number of carbonyl (C=O) groups excluding carboxylic acids is 3. The van der Waals surface area contributed by atoms with Gasteiger partial charge in [-0.15, -0.1) is 0 Å². The molecular weight excluding hydrogens is 383 g/mol. The molecule has 0 aliphatic heterocycles. The minimum absolute atomic E-state index is 0.238. The fourth-order valence-corrected chi connectivity index (χ4v) is 2.17. The highest BCUT2D eigenvalue weighted by Crippen LogP contribution is 2.28. The average Bonchev–Trinajstić information content (AvgIpc) is 2.47. The number of ether oxygens (including phenoxy) is 2. The van der Waals surface area contributed by atoms with E-state index in [1.807, 2.05) is 0 Å². The number of benzene rings is 1. The van der Waals surface area contributed by atoms with Crippen molar-refractivity contribution in [2.75, 3.05) is 0 Å². The van der Waals surface area contributed by atoms with Crippen LogP contribution < -0.4 is 15.4 Å². The van der Waals surface area contributed by atoms with Crippen LogP contribution in [0.3, 0.4) is 0 Å². The van der Waals surface area contributed by atoms with Gasteiger partial charge in [0.1, 0.15) is 5.75 Å². The van der Waals surface area contributed by atoms with E-state index in [0.717, 1.165) is 0 Å². The van der Waals surface area contributed by atoms with Gasteiger partial charge in [0.05, 0.1) is 5.02 Å². The summed E-state index contributed by atoms with van der Waals surface area (Å²) in [7, 11) is 0. The molecule has 1 rings (SSSR count). The van der Waals surface area contributed by atoms with Gasteiger partial charge in [0.15, 0.2) is 12.2 Å². The number of amides is 3. The number of nitrogens with one attached hydrogen (secondary N) is 2. The van der Waals surface area contributed by atoms with Gasteiger partial charge < -0.3 is 14.8 Å². The minimum atomic E-state index is -1.18. The van der Waals surface area contributed by atoms with Crippen molar-refractivity contribution in [3.63, 3.8) is 0 Å². The predicted octanol–water partition coefficient (Wildman–Crippen LogP) is 3.32. The Morgan fingerprint density at radius 1 is 1.08 bits per heavy atom. The summed E-state index contributed by atoms with van der Waals surface area (Å²) in [4.78, 5) is 35.6. The highest BCUT2D eigenvalue weighted by molar-refractivity contribution is 6.35. The summed E-state index contributed by atoms with van der Waals surface area (Å²) >= 11 is 11.8. The maximum atomic E-state index is 12.1. The fourth-order valence-electron chi connectivity index (χ4n) is 1.72. The van der Waals surface area contributed by atoms with Gasteiger partial charge in [0.2, 0.25) is 0 Å². The van der Waals surface area contributed by atoms with Crippen molar-refractivity contribution in [3.05, 3.63) is 28.2 Å². The third-order valence-electron chi connectivity index (χ3n) is 2.92. The third kappa shape index (κ3) is 7.49. The van der Waals surface area contributed by atoms with Crippen LogP contribution in [-0.2, 0) is 14.3 Å². The first-order chi connectivity index (χ1) is 11.9. The Balaban J connectivity index is 2.57. The molecule has 144 valence electrons. The zero-order valence-electron chi connectivity index (χ0n) is 15.2. The molecule has 0 heterocycles. The number of imide groups is 1. The molecule has 7 nitrogen and oxygen atoms in total. The molecule has 0 unspecified atom stereocenters. The summed E-state index contributed by atoms with van der Waals surface area (Å²) in [5.41, 5.74) is -0.509. The van der Waals surface area contributed by atoms with Crippen molar-refractivity contribution >= 4 is 41.1 Å². The van der Waals surface area contributed by atoms with Crippen molar-refractivity contribution < 1.29 is 23.9 Å². The van der Waals surface area contributed by atoms with Crippen molar-refractivity contribution in [2.45, 2.75) is 52.4 Å². The lowest BCUT2D eigenvalue weighted by Gasteiger charge is -2.21. The summed E-state index contributed by atoms with van der Waals surface area (Å²) in [6.45, 7) is 8.09. The fraction of sp³-hybridized carbons (Fsp3) is 0.471. The Morgan fingerprint density at radius 2 is 1.69 bits per heavy atom. The lowest BCUT2D eigenvalue weighted by atomic mass is 10.1. The van der Waals surface area contributed by atoms with Crippen molar-refractivity contribution in [1.82, 2.24) is 10.6 Å². The maximum absolute atomic E-state index is 12.1. The highest BCUT2D eigenvalue weighted by Gasteiger charge is 2.25. The van der Waals surface area contributed by atoms with E-state index in [-0.39, 0.29) is 10.8 Å². The van der Waals surface area contributed by atoms with Crippen molar-refractivity contribution in [2.24, 2.45) is 0 Å². The van der Waals surface area contributed by atoms with E-state index < -0.39 is 35.7 Å². The quantitative estimate of drug-likeness (QED) is 0.734. The minimum Gasteiger partial charge on any atom is -0.477 e. The predicted molar refractivity (Wildman–Crippen MR) is 98.5 cm³/mol. The van der Waals surface area contributed by atoms with E-state index in [2.05, 4.69) is 10.6 Å². The van der Waals surface area contributed by atoms with Gasteiger partial charge in [-0.2, -0.15) is 0 Å². The van der Waals surface area contributed by atoms with Crippen LogP contribution >= 0.6 is 23.2 Å². The van der Waals surface area contributed by atoms with Gasteiger partial charge in [0, 0.05) is 10.6 Å². The molecule has 0 fully saturated rings. The molecule has 26 heavy (non-hydrogen) atoms. The normalized spacial score (nSPS) is 13.3. The Bertz CT molecular complexity index is 688. The van der Waals surface area contributed by atoms with Crippen molar-refractivity contribution in [3.8, 4) is 5.75 Å². The molecule has 0 bridgehead atoms. The Labute approximate surface area is 162 Å². The number of rotatable bonds is 5. The van der Waals surface area contributed by atoms with Gasteiger partial charge in [-0.3, -0.25) is 10.1 Å². The first-order valence-corrected chi connectivity index (χ1v) is 8.60. The van der Waals surface area contributed by atoms with E-state index in [9.17, 15) is 14.4 Å². The Kier molecular flexibility index (Phi) is 7.71. The highest BCUT2D eigenvalue weighted by atomic mass is 35.5. The average molecular weight is 405 g/mol. The number of urea groups is 1. The second-order valence-corrected chi connectivity index (χ2v) is 7.45. The smallest absolute Gasteiger partial charge is 0.347 e. The molecule has 9 heteroatoms. The van der Waals surface area contributed by atoms with Crippen LogP contribution in [0.15, 0.2) is 18.2 Å². The monoisotopic (exact) mass is 404 g/mol. The largest absolute Gasteiger partial charge is 0.477 e. The molecule has 1 aromatic rings. The van der Waals surface area contributed by atoms with Crippen LogP contribution in [0.25, 0.3) is 0 Å². The van der Waals surface area contributed by atoms with Crippen LogP contribution in [0.5, 0.6) is 5.75 Å². The topological polar surface area (TPSA) is 93.7 Å². The van der Waals surface area contributed by atoms with Gasteiger partial charge >= 0.3 is 12.0 Å². The number of carbonyl (C=O) groups is 3. The summed E-state index contributed by atoms with van der Waals surface area (Å²) in [6, 6.07) is 3.87. The summed E-state index contributed by atoms with van der Waals surface area (Å²) in [5, 5.41) is 5.33.